The molecule has 1 heterocycles. The maximum absolute atomic E-state index is 14.6. The molecule has 1 aromatic rings. The molecule has 0 bridgehead atoms. The zero-order valence-electron chi connectivity index (χ0n) is 48.2. The van der Waals surface area contributed by atoms with E-state index in [0.29, 0.717) is 12.0 Å². The van der Waals surface area contributed by atoms with Crippen LogP contribution >= 0.6 is 0 Å². The summed E-state index contributed by atoms with van der Waals surface area (Å²) in [6, 6.07) is -3.47. The number of nitrogens with zero attached hydrogens (tertiary/aromatic N) is 3. The van der Waals surface area contributed by atoms with E-state index in [4.69, 9.17) is 4.74 Å². The van der Waals surface area contributed by atoms with E-state index in [0.717, 1.165) is 21.7 Å². The summed E-state index contributed by atoms with van der Waals surface area (Å²) in [7, 11) is 3.69. The summed E-state index contributed by atoms with van der Waals surface area (Å²) in [4.78, 5) is 145. The summed E-state index contributed by atoms with van der Waals surface area (Å²) in [5.41, 5.74) is 0.609. The number of carbonyl (C=O) groups excluding carboxylic acids is 10. The first-order chi connectivity index (χ1) is 36.8. The molecule has 79 heavy (non-hydrogen) atoms. The number of rotatable bonds is 15. The number of hydrogen-bond donors (Lipinski definition) is 11. The van der Waals surface area contributed by atoms with Crippen molar-refractivity contribution in [3.8, 4) is 0 Å². The molecule has 11 N–H and O–H groups in total. The van der Waals surface area contributed by atoms with Crippen molar-refractivity contribution in [2.45, 2.75) is 175 Å². The average molecular weight is 1120 g/mol. The van der Waals surface area contributed by atoms with Gasteiger partial charge in [-0.3, -0.25) is 43.2 Å². The number of aliphatic hydroxyl groups excluding tert-OH is 5. The standard InChI is InChI=1S/C54H89N9O16/c1-15-31(10)41-48(72)58-36(25-64)46(70)56-34(21-27(2)3)51(75)62(13)42(30(8)9)54(78)79-45(44(69)38(67)26-65)50(74)57-35(22-28(4)5)52(76)63(14)43(32(11)66)49(73)60-40(29(6)7)53(77)61(12)37(23-33-19-17-16-18-20-33)47(71)55-24-39(68)59-41/h16-20,27-32,34-38,40-45,64-67,69H,15,21-26H2,1-14H3,(H,55,71)(H,56,70)(H,57,74)(H,58,72)(H,59,68)(H,60,73)/t31?,32?,34-,35-,36-,37-,38+,40-,41-,42-,43-,44-,45+/m0/s1. The molecule has 1 fully saturated rings. The van der Waals surface area contributed by atoms with Crippen LogP contribution in [0.5, 0.6) is 0 Å². The second-order valence-electron chi connectivity index (χ2n) is 22.0. The topological polar surface area (TPSA) is 363 Å². The molecular weight excluding hydrogens is 1030 g/mol. The normalized spacial score (nSPS) is 26.7. The predicted octanol–water partition coefficient (Wildman–Crippen LogP) is -2.29. The molecule has 1 saturated heterocycles. The molecule has 2 rings (SSSR count). The second kappa shape index (κ2) is 32.1. The van der Waals surface area contributed by atoms with E-state index in [1.165, 1.54) is 34.9 Å². The van der Waals surface area contributed by atoms with Gasteiger partial charge in [-0.1, -0.05) is 106 Å². The maximum Gasteiger partial charge on any atom is 0.329 e. The van der Waals surface area contributed by atoms with E-state index in [-0.39, 0.29) is 31.1 Å². The Bertz CT molecular complexity index is 2230. The Morgan fingerprint density at radius 3 is 1.57 bits per heavy atom. The van der Waals surface area contributed by atoms with Crippen LogP contribution in [0.1, 0.15) is 101 Å². The van der Waals surface area contributed by atoms with Crippen LogP contribution in [0.15, 0.2) is 30.3 Å². The highest BCUT2D eigenvalue weighted by atomic mass is 16.6. The molecule has 446 valence electrons. The minimum atomic E-state index is -2.37. The Morgan fingerprint density at radius 2 is 1.10 bits per heavy atom. The number of cyclic esters (lactones) is 1. The molecular formula is C54H89N9O16. The van der Waals surface area contributed by atoms with Crippen molar-refractivity contribution in [3.05, 3.63) is 35.9 Å². The largest absolute Gasteiger partial charge is 0.448 e. The third-order valence-electron chi connectivity index (χ3n) is 13.8. The van der Waals surface area contributed by atoms with Crippen LogP contribution in [-0.4, -0.2) is 213 Å². The molecule has 0 aliphatic carbocycles. The Morgan fingerprint density at radius 1 is 0.582 bits per heavy atom. The Kier molecular flexibility index (Phi) is 28.0. The van der Waals surface area contributed by atoms with Gasteiger partial charge in [0.25, 0.3) is 5.91 Å². The van der Waals surface area contributed by atoms with Crippen LogP contribution in [0.3, 0.4) is 0 Å². The van der Waals surface area contributed by atoms with Crippen molar-refractivity contribution >= 4 is 59.1 Å². The molecule has 1 aliphatic heterocycles. The first-order valence-corrected chi connectivity index (χ1v) is 26.9. The van der Waals surface area contributed by atoms with Crippen LogP contribution in [-0.2, 0) is 59.1 Å². The summed E-state index contributed by atoms with van der Waals surface area (Å²) in [5.74, 6) is -12.6. The van der Waals surface area contributed by atoms with E-state index in [1.807, 2.05) is 0 Å². The first kappa shape index (κ1) is 68.8. The molecule has 25 heteroatoms. The van der Waals surface area contributed by atoms with Gasteiger partial charge in [0.1, 0.15) is 60.5 Å². The zero-order valence-corrected chi connectivity index (χ0v) is 48.2. The van der Waals surface area contributed by atoms with E-state index in [2.05, 4.69) is 31.9 Å². The van der Waals surface area contributed by atoms with Gasteiger partial charge in [-0.05, 0) is 54.9 Å². The van der Waals surface area contributed by atoms with Crippen molar-refractivity contribution < 1.29 is 78.2 Å². The number of benzene rings is 1. The lowest BCUT2D eigenvalue weighted by molar-refractivity contribution is -0.176. The number of nitrogens with one attached hydrogen (secondary N) is 6. The average Bonchev–Trinajstić information content (AvgIpc) is 3.38. The van der Waals surface area contributed by atoms with E-state index < -0.39 is 169 Å². The first-order valence-electron chi connectivity index (χ1n) is 26.9. The van der Waals surface area contributed by atoms with Crippen molar-refractivity contribution in [2.24, 2.45) is 29.6 Å². The van der Waals surface area contributed by atoms with Gasteiger partial charge in [0.05, 0.1) is 25.9 Å². The predicted molar refractivity (Wildman–Crippen MR) is 288 cm³/mol. The van der Waals surface area contributed by atoms with Gasteiger partial charge in [0.2, 0.25) is 53.4 Å². The zero-order chi connectivity index (χ0) is 60.3. The third-order valence-corrected chi connectivity index (χ3v) is 13.8. The molecule has 1 aromatic carbocycles. The lowest BCUT2D eigenvalue weighted by atomic mass is 9.97. The maximum atomic E-state index is 14.6. The summed E-state index contributed by atoms with van der Waals surface area (Å²) >= 11 is 0. The number of likely N-dealkylation sites (N-methyl/N-ethyl adjacent to an activating group) is 3. The number of ether oxygens (including phenoxy) is 1. The third kappa shape index (κ3) is 19.8. The molecule has 0 aromatic heterocycles. The molecule has 0 spiro atoms. The second-order valence-corrected chi connectivity index (χ2v) is 22.0. The summed E-state index contributed by atoms with van der Waals surface area (Å²) in [6.45, 7) is 14.9. The van der Waals surface area contributed by atoms with E-state index in [9.17, 15) is 73.5 Å². The summed E-state index contributed by atoms with van der Waals surface area (Å²) in [6.07, 6.45) is -8.38. The number of carbonyl (C=O) groups is 10. The van der Waals surface area contributed by atoms with Gasteiger partial charge in [-0.25, -0.2) is 4.79 Å². The van der Waals surface area contributed by atoms with Crippen LogP contribution in [0.2, 0.25) is 0 Å². The lowest BCUT2D eigenvalue weighted by Crippen LogP contribution is -2.63. The molecule has 13 atom stereocenters. The summed E-state index contributed by atoms with van der Waals surface area (Å²) in [5, 5.41) is 68.5. The number of hydrogen-bond acceptors (Lipinski definition) is 16. The SMILES string of the molecule is CCC(C)[C@@H]1NC(=O)CNC(=O)[C@H](Cc2ccccc2)N(C)C(=O)[C@H](C(C)C)NC(=O)[C@H](C(C)O)N(C)C(=O)[C@H](CC(C)C)NC(=O)[C@@H]([C@@H](O)[C@H](O)CO)OC(=O)[C@H](C(C)C)N(C)C(=O)[C@H](CC(C)C)NC(=O)[C@H](CO)NC1=O. The Labute approximate surface area is 463 Å². The lowest BCUT2D eigenvalue weighted by Gasteiger charge is -2.36. The van der Waals surface area contributed by atoms with E-state index in [1.54, 1.807) is 85.7 Å². The Hall–Kier alpha value is -6.28. The van der Waals surface area contributed by atoms with Crippen molar-refractivity contribution in [2.75, 3.05) is 40.9 Å². The Balaban J connectivity index is 2.92. The van der Waals surface area contributed by atoms with Crippen LogP contribution in [0, 0.1) is 29.6 Å². The number of aliphatic hydroxyl groups is 5. The van der Waals surface area contributed by atoms with Crippen molar-refractivity contribution in [1.82, 2.24) is 46.6 Å². The molecule has 25 nitrogen and oxygen atoms in total. The molecule has 0 radical (unpaired) electrons. The molecule has 0 saturated carbocycles. The number of esters is 1. The van der Waals surface area contributed by atoms with Gasteiger partial charge in [-0.2, -0.15) is 0 Å². The van der Waals surface area contributed by atoms with Gasteiger partial charge in [-0.15, -0.1) is 0 Å². The fourth-order valence-corrected chi connectivity index (χ4v) is 9.09. The molecule has 9 amide bonds. The van der Waals surface area contributed by atoms with E-state index >= 15 is 0 Å². The van der Waals surface area contributed by atoms with Crippen molar-refractivity contribution in [1.29, 1.82) is 0 Å². The monoisotopic (exact) mass is 1120 g/mol. The quantitative estimate of drug-likeness (QED) is 0.0824. The van der Waals surface area contributed by atoms with Crippen LogP contribution < -0.4 is 31.9 Å². The molecule has 2 unspecified atom stereocenters. The minimum Gasteiger partial charge on any atom is -0.448 e. The highest BCUT2D eigenvalue weighted by Crippen LogP contribution is 2.21. The molecule has 1 aliphatic rings. The van der Waals surface area contributed by atoms with Gasteiger partial charge >= 0.3 is 5.97 Å². The number of amides is 9. The minimum absolute atomic E-state index is 0.0453. The smallest absolute Gasteiger partial charge is 0.329 e. The van der Waals surface area contributed by atoms with Crippen LogP contribution in [0.4, 0.5) is 0 Å². The van der Waals surface area contributed by atoms with Crippen molar-refractivity contribution in [3.63, 3.8) is 0 Å². The van der Waals surface area contributed by atoms with Crippen LogP contribution in [0.25, 0.3) is 0 Å². The fraction of sp³-hybridized carbons (Fsp3) is 0.704. The van der Waals surface area contributed by atoms with Gasteiger partial charge < -0.3 is 76.9 Å². The van der Waals surface area contributed by atoms with Gasteiger partial charge in [0.15, 0.2) is 0 Å². The highest BCUT2D eigenvalue weighted by molar-refractivity contribution is 5.98. The highest BCUT2D eigenvalue weighted by Gasteiger charge is 2.44. The fourth-order valence-electron chi connectivity index (χ4n) is 9.09. The summed E-state index contributed by atoms with van der Waals surface area (Å²) < 4.78 is 5.60. The van der Waals surface area contributed by atoms with Gasteiger partial charge in [0, 0.05) is 27.6 Å².